The van der Waals surface area contributed by atoms with Gasteiger partial charge in [-0.25, -0.2) is 0 Å². The second-order valence-electron chi connectivity index (χ2n) is 4.03. The van der Waals surface area contributed by atoms with E-state index >= 15 is 0 Å². The number of rotatable bonds is 1. The molecule has 0 amide bonds. The van der Waals surface area contributed by atoms with Gasteiger partial charge in [-0.2, -0.15) is 0 Å². The van der Waals surface area contributed by atoms with Crippen molar-refractivity contribution in [3.05, 3.63) is 0 Å². The fourth-order valence-corrected chi connectivity index (χ4v) is 1.92. The normalized spacial score (nSPS) is 41.7. The Balaban J connectivity index is 1.79. The summed E-state index contributed by atoms with van der Waals surface area (Å²) < 4.78 is 0. The van der Waals surface area contributed by atoms with E-state index in [1.54, 1.807) is 0 Å². The van der Waals surface area contributed by atoms with E-state index in [-0.39, 0.29) is 0 Å². The lowest BCUT2D eigenvalue weighted by atomic mass is 9.94. The molecule has 10 heavy (non-hydrogen) atoms. The Kier molecular flexibility index (Phi) is 1.69. The van der Waals surface area contributed by atoms with Crippen LogP contribution in [0.5, 0.6) is 0 Å². The van der Waals surface area contributed by atoms with Gasteiger partial charge in [0.25, 0.3) is 0 Å². The van der Waals surface area contributed by atoms with Crippen molar-refractivity contribution in [2.24, 2.45) is 11.8 Å². The highest BCUT2D eigenvalue weighted by atomic mass is 14.9. The first-order valence-corrected chi connectivity index (χ1v) is 4.59. The molecule has 58 valence electrons. The van der Waals surface area contributed by atoms with Gasteiger partial charge in [0.05, 0.1) is 0 Å². The first-order chi connectivity index (χ1) is 4.86. The quantitative estimate of drug-likeness (QED) is 0.584. The molecule has 2 fully saturated rings. The second-order valence-corrected chi connectivity index (χ2v) is 4.03. The van der Waals surface area contributed by atoms with E-state index in [0.29, 0.717) is 0 Å². The van der Waals surface area contributed by atoms with Crippen LogP contribution in [-0.2, 0) is 0 Å². The van der Waals surface area contributed by atoms with Crippen molar-refractivity contribution in [1.29, 1.82) is 0 Å². The molecule has 2 atom stereocenters. The molecular formula is C9H17N. The topological polar surface area (TPSA) is 12.0 Å². The zero-order valence-corrected chi connectivity index (χ0v) is 6.77. The maximum absolute atomic E-state index is 3.63. The van der Waals surface area contributed by atoms with Gasteiger partial charge < -0.3 is 5.32 Å². The minimum absolute atomic E-state index is 0.899. The molecule has 1 heteroatoms. The largest absolute Gasteiger partial charge is 0.313 e. The van der Waals surface area contributed by atoms with E-state index in [9.17, 15) is 0 Å². The van der Waals surface area contributed by atoms with Crippen LogP contribution in [0.3, 0.4) is 0 Å². The van der Waals surface area contributed by atoms with E-state index in [2.05, 4.69) is 12.2 Å². The maximum Gasteiger partial charge on any atom is 0.00955 e. The van der Waals surface area contributed by atoms with Gasteiger partial charge in [0.15, 0.2) is 0 Å². The number of nitrogens with one attached hydrogen (secondary N) is 1. The van der Waals surface area contributed by atoms with Crippen molar-refractivity contribution >= 4 is 0 Å². The van der Waals surface area contributed by atoms with Crippen LogP contribution in [0.25, 0.3) is 0 Å². The lowest BCUT2D eigenvalue weighted by molar-refractivity contribution is 0.305. The smallest absolute Gasteiger partial charge is 0.00955 e. The summed E-state index contributed by atoms with van der Waals surface area (Å²) >= 11 is 0. The third-order valence-electron chi connectivity index (χ3n) is 2.89. The Morgan fingerprint density at radius 3 is 2.40 bits per heavy atom. The fraction of sp³-hybridized carbons (Fsp3) is 1.00. The van der Waals surface area contributed by atoms with Crippen molar-refractivity contribution in [3.8, 4) is 0 Å². The zero-order chi connectivity index (χ0) is 6.97. The number of hydrogen-bond acceptors (Lipinski definition) is 1. The molecule has 0 radical (unpaired) electrons. The van der Waals surface area contributed by atoms with E-state index in [4.69, 9.17) is 0 Å². The van der Waals surface area contributed by atoms with E-state index in [1.165, 1.54) is 32.2 Å². The van der Waals surface area contributed by atoms with Gasteiger partial charge in [0.1, 0.15) is 0 Å². The molecule has 1 N–H and O–H groups in total. The summed E-state index contributed by atoms with van der Waals surface area (Å²) in [5.41, 5.74) is 0. The molecule has 0 spiro atoms. The van der Waals surface area contributed by atoms with Gasteiger partial charge in [-0.15, -0.1) is 0 Å². The van der Waals surface area contributed by atoms with E-state index < -0.39 is 0 Å². The van der Waals surface area contributed by atoms with Crippen molar-refractivity contribution in [2.45, 2.75) is 38.6 Å². The lowest BCUT2D eigenvalue weighted by Gasteiger charge is -2.27. The molecule has 1 nitrogen and oxygen atoms in total. The van der Waals surface area contributed by atoms with Crippen molar-refractivity contribution in [1.82, 2.24) is 5.32 Å². The molecule has 1 saturated carbocycles. The van der Waals surface area contributed by atoms with E-state index in [0.717, 1.165) is 17.9 Å². The van der Waals surface area contributed by atoms with E-state index in [1.807, 2.05) is 0 Å². The molecule has 1 heterocycles. The van der Waals surface area contributed by atoms with Crippen LogP contribution >= 0.6 is 0 Å². The third-order valence-corrected chi connectivity index (χ3v) is 2.89. The Bertz CT molecular complexity index is 110. The zero-order valence-electron chi connectivity index (χ0n) is 6.77. The standard InChI is InChI=1S/C9H17N/c1-7-2-5-9(10-6-7)8-3-4-8/h7-10H,2-6H2,1H3. The summed E-state index contributed by atoms with van der Waals surface area (Å²) in [6.45, 7) is 3.61. The average molecular weight is 139 g/mol. The third kappa shape index (κ3) is 1.34. The van der Waals surface area contributed by atoms with Crippen LogP contribution in [-0.4, -0.2) is 12.6 Å². The van der Waals surface area contributed by atoms with Gasteiger partial charge in [-0.05, 0) is 44.1 Å². The molecule has 2 rings (SSSR count). The van der Waals surface area contributed by atoms with Gasteiger partial charge in [0.2, 0.25) is 0 Å². The van der Waals surface area contributed by atoms with Gasteiger partial charge >= 0.3 is 0 Å². The highest BCUT2D eigenvalue weighted by Gasteiger charge is 2.32. The fourth-order valence-electron chi connectivity index (χ4n) is 1.92. The van der Waals surface area contributed by atoms with Crippen LogP contribution in [0.15, 0.2) is 0 Å². The Hall–Kier alpha value is -0.0400. The van der Waals surface area contributed by atoms with Crippen LogP contribution in [0.1, 0.15) is 32.6 Å². The highest BCUT2D eigenvalue weighted by molar-refractivity contribution is 4.89. The first kappa shape index (κ1) is 6.66. The number of piperidine rings is 1. The van der Waals surface area contributed by atoms with Crippen molar-refractivity contribution < 1.29 is 0 Å². The van der Waals surface area contributed by atoms with Gasteiger partial charge in [-0.3, -0.25) is 0 Å². The molecule has 2 unspecified atom stereocenters. The van der Waals surface area contributed by atoms with Gasteiger partial charge in [-0.1, -0.05) is 6.92 Å². The van der Waals surface area contributed by atoms with Gasteiger partial charge in [0, 0.05) is 6.04 Å². The summed E-state index contributed by atoms with van der Waals surface area (Å²) in [5, 5.41) is 3.63. The summed E-state index contributed by atoms with van der Waals surface area (Å²) in [4.78, 5) is 0. The molecule has 2 aliphatic rings. The Morgan fingerprint density at radius 1 is 1.10 bits per heavy atom. The highest BCUT2D eigenvalue weighted by Crippen LogP contribution is 2.36. The summed E-state index contributed by atoms with van der Waals surface area (Å²) in [5.74, 6) is 1.99. The Labute approximate surface area is 63.2 Å². The molecule has 0 aromatic heterocycles. The van der Waals surface area contributed by atoms with Crippen LogP contribution in [0.4, 0.5) is 0 Å². The molecule has 1 saturated heterocycles. The predicted octanol–water partition coefficient (Wildman–Crippen LogP) is 1.78. The molecule has 0 aromatic rings. The number of hydrogen-bond donors (Lipinski definition) is 1. The SMILES string of the molecule is CC1CCC(C2CC2)NC1. The van der Waals surface area contributed by atoms with Crippen LogP contribution in [0, 0.1) is 11.8 Å². The minimum atomic E-state index is 0.899. The minimum Gasteiger partial charge on any atom is -0.313 e. The lowest BCUT2D eigenvalue weighted by Crippen LogP contribution is -2.39. The molecule has 0 bridgehead atoms. The molecule has 0 aromatic carbocycles. The van der Waals surface area contributed by atoms with Crippen molar-refractivity contribution in [2.75, 3.05) is 6.54 Å². The maximum atomic E-state index is 3.63. The molecular weight excluding hydrogens is 122 g/mol. The predicted molar refractivity (Wildman–Crippen MR) is 42.9 cm³/mol. The monoisotopic (exact) mass is 139 g/mol. The molecule has 1 aliphatic carbocycles. The summed E-state index contributed by atoms with van der Waals surface area (Å²) in [6, 6.07) is 0.899. The second kappa shape index (κ2) is 2.54. The Morgan fingerprint density at radius 2 is 1.90 bits per heavy atom. The summed E-state index contributed by atoms with van der Waals surface area (Å²) in [7, 11) is 0. The van der Waals surface area contributed by atoms with Crippen LogP contribution < -0.4 is 5.32 Å². The van der Waals surface area contributed by atoms with Crippen LogP contribution in [0.2, 0.25) is 0 Å². The average Bonchev–Trinajstić information content (AvgIpc) is 2.71. The van der Waals surface area contributed by atoms with Crippen molar-refractivity contribution in [3.63, 3.8) is 0 Å². The summed E-state index contributed by atoms with van der Waals surface area (Å²) in [6.07, 6.45) is 5.87. The molecule has 1 aliphatic heterocycles. The first-order valence-electron chi connectivity index (χ1n) is 4.59.